The van der Waals surface area contributed by atoms with Crippen LogP contribution in [-0.4, -0.2) is 33.3 Å². The second-order valence-corrected chi connectivity index (χ2v) is 5.56. The fraction of sp³-hybridized carbons (Fsp3) is 0.750. The molecule has 0 radical (unpaired) electrons. The minimum atomic E-state index is -0.120. The van der Waals surface area contributed by atoms with Gasteiger partial charge in [-0.15, -0.1) is 12.4 Å². The first-order valence-electron chi connectivity index (χ1n) is 5.97. The number of nitrogens with two attached hydrogens (primary N) is 1. The zero-order chi connectivity index (χ0) is 11.8. The van der Waals surface area contributed by atoms with Gasteiger partial charge in [0.15, 0.2) is 0 Å². The lowest BCUT2D eigenvalue weighted by atomic mass is 10.0. The molecule has 5 heteroatoms. The van der Waals surface area contributed by atoms with Crippen LogP contribution < -0.4 is 5.73 Å². The van der Waals surface area contributed by atoms with Crippen molar-refractivity contribution in [1.29, 1.82) is 0 Å². The molecule has 1 aromatic heterocycles. The van der Waals surface area contributed by atoms with E-state index in [1.165, 1.54) is 18.4 Å². The molecule has 4 nitrogen and oxygen atoms in total. The first-order chi connectivity index (χ1) is 7.46. The van der Waals surface area contributed by atoms with E-state index in [-0.39, 0.29) is 17.9 Å². The molecule has 1 aliphatic rings. The molecule has 1 fully saturated rings. The van der Waals surface area contributed by atoms with Crippen molar-refractivity contribution in [2.75, 3.05) is 13.1 Å². The van der Waals surface area contributed by atoms with Crippen molar-refractivity contribution < 1.29 is 0 Å². The van der Waals surface area contributed by atoms with E-state index < -0.39 is 0 Å². The van der Waals surface area contributed by atoms with E-state index >= 15 is 0 Å². The molecule has 0 saturated carbocycles. The molecular formula is C12H23ClN4. The third-order valence-corrected chi connectivity index (χ3v) is 3.08. The first kappa shape index (κ1) is 14.5. The molecule has 98 valence electrons. The Morgan fingerprint density at radius 2 is 2.24 bits per heavy atom. The first-order valence-corrected chi connectivity index (χ1v) is 5.97. The predicted molar refractivity (Wildman–Crippen MR) is 72.3 cm³/mol. The number of likely N-dealkylation sites (tertiary alicyclic amines) is 1. The second kappa shape index (κ2) is 5.38. The Hall–Kier alpha value is -0.580. The van der Waals surface area contributed by atoms with Gasteiger partial charge in [-0.25, -0.2) is 0 Å². The summed E-state index contributed by atoms with van der Waals surface area (Å²) >= 11 is 0. The van der Waals surface area contributed by atoms with Crippen LogP contribution in [0.2, 0.25) is 0 Å². The highest BCUT2D eigenvalue weighted by Crippen LogP contribution is 2.32. The number of halogens is 1. The van der Waals surface area contributed by atoms with Crippen LogP contribution >= 0.6 is 12.4 Å². The normalized spacial score (nSPS) is 21.5. The minimum absolute atomic E-state index is 0. The lowest BCUT2D eigenvalue weighted by Crippen LogP contribution is -2.45. The third kappa shape index (κ3) is 3.69. The van der Waals surface area contributed by atoms with Crippen LogP contribution in [0.15, 0.2) is 12.4 Å². The van der Waals surface area contributed by atoms with Crippen LogP contribution in [0.5, 0.6) is 0 Å². The fourth-order valence-electron chi connectivity index (χ4n) is 2.53. The van der Waals surface area contributed by atoms with E-state index in [1.54, 1.807) is 0 Å². The van der Waals surface area contributed by atoms with Gasteiger partial charge in [0.1, 0.15) is 0 Å². The molecular weight excluding hydrogens is 236 g/mol. The monoisotopic (exact) mass is 258 g/mol. The van der Waals surface area contributed by atoms with Crippen LogP contribution in [0.3, 0.4) is 0 Å². The van der Waals surface area contributed by atoms with Crippen LogP contribution in [0.4, 0.5) is 0 Å². The molecule has 0 aromatic carbocycles. The molecule has 17 heavy (non-hydrogen) atoms. The Bertz CT molecular complexity index is 356. The topological polar surface area (TPSA) is 47.1 Å². The fourth-order valence-corrected chi connectivity index (χ4v) is 2.53. The maximum absolute atomic E-state index is 6.10. The summed E-state index contributed by atoms with van der Waals surface area (Å²) in [4.78, 5) is 2.48. The summed E-state index contributed by atoms with van der Waals surface area (Å²) in [6.07, 6.45) is 6.58. The number of rotatable bonds is 3. The molecule has 1 aromatic rings. The van der Waals surface area contributed by atoms with Gasteiger partial charge in [-0.2, -0.15) is 5.10 Å². The summed E-state index contributed by atoms with van der Waals surface area (Å²) in [6, 6.07) is 0.511. The Morgan fingerprint density at radius 1 is 1.53 bits per heavy atom. The molecule has 2 rings (SSSR count). The highest BCUT2D eigenvalue weighted by molar-refractivity contribution is 5.85. The maximum atomic E-state index is 6.10. The van der Waals surface area contributed by atoms with E-state index in [4.69, 9.17) is 5.73 Å². The quantitative estimate of drug-likeness (QED) is 0.898. The van der Waals surface area contributed by atoms with E-state index in [0.29, 0.717) is 6.04 Å². The number of aryl methyl sites for hydroxylation is 1. The lowest BCUT2D eigenvalue weighted by molar-refractivity contribution is 0.211. The molecule has 0 spiro atoms. The number of hydrogen-bond acceptors (Lipinski definition) is 3. The molecule has 0 amide bonds. The van der Waals surface area contributed by atoms with Gasteiger partial charge < -0.3 is 5.73 Å². The lowest BCUT2D eigenvalue weighted by Gasteiger charge is -2.30. The summed E-state index contributed by atoms with van der Waals surface area (Å²) in [7, 11) is 1.97. The molecule has 2 heterocycles. The predicted octanol–water partition coefficient (Wildman–Crippen LogP) is 1.72. The molecule has 1 atom stereocenters. The van der Waals surface area contributed by atoms with Gasteiger partial charge in [0, 0.05) is 36.9 Å². The van der Waals surface area contributed by atoms with E-state index in [1.807, 2.05) is 17.9 Å². The number of hydrogen-bond donors (Lipinski definition) is 1. The van der Waals surface area contributed by atoms with Crippen molar-refractivity contribution in [1.82, 2.24) is 14.7 Å². The van der Waals surface area contributed by atoms with Gasteiger partial charge in [-0.1, -0.05) is 0 Å². The van der Waals surface area contributed by atoms with E-state index in [2.05, 4.69) is 30.0 Å². The van der Waals surface area contributed by atoms with E-state index in [0.717, 1.165) is 13.1 Å². The summed E-state index contributed by atoms with van der Waals surface area (Å²) in [5, 5.41) is 4.25. The molecule has 1 unspecified atom stereocenters. The Kier molecular flexibility index (Phi) is 4.58. The zero-order valence-corrected chi connectivity index (χ0v) is 11.7. The standard InChI is InChI=1S/C12H22N4.ClH/c1-12(2,13)9-16-6-4-5-11(16)10-7-14-15(3)8-10;/h7-8,11H,4-6,9,13H2,1-3H3;1H. The largest absolute Gasteiger partial charge is 0.324 e. The second-order valence-electron chi connectivity index (χ2n) is 5.56. The summed E-state index contributed by atoms with van der Waals surface area (Å²) in [5.41, 5.74) is 7.30. The molecule has 2 N–H and O–H groups in total. The van der Waals surface area contributed by atoms with Crippen molar-refractivity contribution in [2.45, 2.75) is 38.3 Å². The van der Waals surface area contributed by atoms with Crippen LogP contribution in [0.1, 0.15) is 38.3 Å². The van der Waals surface area contributed by atoms with Crippen molar-refractivity contribution in [3.8, 4) is 0 Å². The van der Waals surface area contributed by atoms with Crippen molar-refractivity contribution >= 4 is 12.4 Å². The number of aromatic nitrogens is 2. The van der Waals surface area contributed by atoms with Crippen LogP contribution in [-0.2, 0) is 7.05 Å². The highest BCUT2D eigenvalue weighted by Gasteiger charge is 2.29. The molecule has 1 aliphatic heterocycles. The Morgan fingerprint density at radius 3 is 2.76 bits per heavy atom. The molecule has 1 saturated heterocycles. The third-order valence-electron chi connectivity index (χ3n) is 3.08. The van der Waals surface area contributed by atoms with Gasteiger partial charge in [0.05, 0.1) is 6.20 Å². The number of nitrogens with zero attached hydrogens (tertiary/aromatic N) is 3. The van der Waals surface area contributed by atoms with E-state index in [9.17, 15) is 0 Å². The van der Waals surface area contributed by atoms with Gasteiger partial charge in [0.2, 0.25) is 0 Å². The summed E-state index contributed by atoms with van der Waals surface area (Å²) in [6.45, 7) is 6.28. The van der Waals surface area contributed by atoms with Crippen molar-refractivity contribution in [3.05, 3.63) is 18.0 Å². The van der Waals surface area contributed by atoms with Crippen molar-refractivity contribution in [3.63, 3.8) is 0 Å². The average molecular weight is 259 g/mol. The average Bonchev–Trinajstić information content (AvgIpc) is 2.71. The minimum Gasteiger partial charge on any atom is -0.324 e. The highest BCUT2D eigenvalue weighted by atomic mass is 35.5. The van der Waals surface area contributed by atoms with Gasteiger partial charge in [0.25, 0.3) is 0 Å². The van der Waals surface area contributed by atoms with Gasteiger partial charge in [-0.3, -0.25) is 9.58 Å². The van der Waals surface area contributed by atoms with Gasteiger partial charge >= 0.3 is 0 Å². The Balaban J connectivity index is 0.00000144. The summed E-state index contributed by atoms with van der Waals surface area (Å²) in [5.74, 6) is 0. The summed E-state index contributed by atoms with van der Waals surface area (Å²) < 4.78 is 1.87. The molecule has 0 aliphatic carbocycles. The Labute approximate surface area is 110 Å². The SMILES string of the molecule is Cl.Cn1cc(C2CCCN2CC(C)(C)N)cn1. The van der Waals surface area contributed by atoms with Crippen LogP contribution in [0, 0.1) is 0 Å². The maximum Gasteiger partial charge on any atom is 0.0537 e. The molecule has 0 bridgehead atoms. The van der Waals surface area contributed by atoms with Crippen LogP contribution in [0.25, 0.3) is 0 Å². The smallest absolute Gasteiger partial charge is 0.0537 e. The van der Waals surface area contributed by atoms with Gasteiger partial charge in [-0.05, 0) is 33.2 Å². The van der Waals surface area contributed by atoms with Crippen molar-refractivity contribution in [2.24, 2.45) is 12.8 Å². The zero-order valence-electron chi connectivity index (χ0n) is 10.9.